The van der Waals surface area contributed by atoms with Crippen LogP contribution >= 0.6 is 0 Å². The Morgan fingerprint density at radius 1 is 1.14 bits per heavy atom. The van der Waals surface area contributed by atoms with Crippen molar-refractivity contribution in [3.63, 3.8) is 0 Å². The summed E-state index contributed by atoms with van der Waals surface area (Å²) in [5.41, 5.74) is 2.20. The van der Waals surface area contributed by atoms with Crippen molar-refractivity contribution in [3.05, 3.63) is 52.8 Å². The molecule has 0 unspecified atom stereocenters. The number of imidazole rings is 1. The molecule has 0 radical (unpaired) electrons. The van der Waals surface area contributed by atoms with Gasteiger partial charge in [0.15, 0.2) is 11.5 Å². The summed E-state index contributed by atoms with van der Waals surface area (Å²) >= 11 is 0. The van der Waals surface area contributed by atoms with Crippen LogP contribution in [0.25, 0.3) is 33.7 Å². The van der Waals surface area contributed by atoms with Crippen LogP contribution in [0.5, 0.6) is 17.2 Å². The van der Waals surface area contributed by atoms with Gasteiger partial charge in [0.1, 0.15) is 11.6 Å². The quantitative estimate of drug-likeness (QED) is 0.454. The number of H-pyrrole nitrogens is 2. The Bertz CT molecular complexity index is 1240. The topological polar surface area (TPSA) is 130 Å². The zero-order chi connectivity index (χ0) is 19.7. The summed E-state index contributed by atoms with van der Waals surface area (Å²) in [6.45, 7) is 0.338. The number of hydrogen-bond donors (Lipinski definition) is 3. The van der Waals surface area contributed by atoms with Crippen LogP contribution in [0, 0.1) is 0 Å². The van der Waals surface area contributed by atoms with Gasteiger partial charge in [0, 0.05) is 11.6 Å². The van der Waals surface area contributed by atoms with Gasteiger partial charge in [0.25, 0.3) is 12.0 Å². The fraction of sp³-hybridized carbons (Fsp3) is 0.0526. The summed E-state index contributed by atoms with van der Waals surface area (Å²) < 4.78 is 9.93. The molecule has 0 saturated heterocycles. The van der Waals surface area contributed by atoms with Gasteiger partial charge in [-0.05, 0) is 36.4 Å². The Hall–Kier alpha value is -4.14. The summed E-state index contributed by atoms with van der Waals surface area (Å²) in [5.74, 6) is 0.993. The van der Waals surface area contributed by atoms with E-state index in [0.29, 0.717) is 46.1 Å². The average Bonchev–Trinajstić information content (AvgIpc) is 3.12. The van der Waals surface area contributed by atoms with Crippen molar-refractivity contribution in [2.75, 3.05) is 7.11 Å². The molecule has 2 aromatic heterocycles. The van der Waals surface area contributed by atoms with E-state index in [-0.39, 0.29) is 11.3 Å². The number of nitrogens with zero attached hydrogens (tertiary/aromatic N) is 2. The molecule has 0 aliphatic carbocycles. The molecule has 4 rings (SSSR count). The number of aromatic nitrogens is 4. The Balaban J connectivity index is 1.80. The highest BCUT2D eigenvalue weighted by Crippen LogP contribution is 2.31. The second kappa shape index (κ2) is 6.88. The van der Waals surface area contributed by atoms with E-state index < -0.39 is 5.56 Å². The second-order valence-electron chi connectivity index (χ2n) is 5.86. The molecule has 0 amide bonds. The third kappa shape index (κ3) is 3.05. The van der Waals surface area contributed by atoms with Gasteiger partial charge in [0.05, 0.1) is 29.4 Å². The first-order valence-corrected chi connectivity index (χ1v) is 8.16. The molecule has 3 N–H and O–H groups in total. The van der Waals surface area contributed by atoms with Gasteiger partial charge in [-0.15, -0.1) is 0 Å². The van der Waals surface area contributed by atoms with E-state index in [1.54, 1.807) is 36.4 Å². The molecule has 0 saturated carbocycles. The number of carbonyl (C=O) groups is 1. The van der Waals surface area contributed by atoms with E-state index in [2.05, 4.69) is 20.2 Å². The van der Waals surface area contributed by atoms with E-state index in [1.807, 2.05) is 0 Å². The number of aromatic hydroxyl groups is 1. The molecular formula is C19H14N4O5. The van der Waals surface area contributed by atoms with Crippen molar-refractivity contribution in [2.45, 2.75) is 0 Å². The minimum Gasteiger partial charge on any atom is -0.504 e. The maximum absolute atomic E-state index is 12.3. The fourth-order valence-electron chi connectivity index (χ4n) is 2.81. The van der Waals surface area contributed by atoms with Crippen molar-refractivity contribution in [2.24, 2.45) is 0 Å². The summed E-state index contributed by atoms with van der Waals surface area (Å²) in [5, 5.41) is 16.3. The van der Waals surface area contributed by atoms with Crippen LogP contribution in [-0.2, 0) is 4.79 Å². The molecule has 0 spiro atoms. The minimum absolute atomic E-state index is 0.00142. The van der Waals surface area contributed by atoms with E-state index in [0.717, 1.165) is 0 Å². The van der Waals surface area contributed by atoms with Gasteiger partial charge in [-0.3, -0.25) is 9.59 Å². The molecule has 0 atom stereocenters. The summed E-state index contributed by atoms with van der Waals surface area (Å²) in [6, 6.07) is 11.2. The van der Waals surface area contributed by atoms with E-state index in [1.165, 1.54) is 13.2 Å². The lowest BCUT2D eigenvalue weighted by atomic mass is 10.1. The number of hydrogen-bond acceptors (Lipinski definition) is 7. The minimum atomic E-state index is -0.419. The highest BCUT2D eigenvalue weighted by Gasteiger charge is 2.13. The van der Waals surface area contributed by atoms with E-state index in [4.69, 9.17) is 9.47 Å². The molecule has 2 heterocycles. The van der Waals surface area contributed by atoms with Gasteiger partial charge in [-0.1, -0.05) is 0 Å². The molecule has 0 aliphatic heterocycles. The lowest BCUT2D eigenvalue weighted by molar-refractivity contribution is -0.120. The first kappa shape index (κ1) is 17.3. The predicted octanol–water partition coefficient (Wildman–Crippen LogP) is 2.23. The van der Waals surface area contributed by atoms with Crippen LogP contribution in [0.4, 0.5) is 0 Å². The molecule has 0 aliphatic rings. The second-order valence-corrected chi connectivity index (χ2v) is 5.86. The number of fused-ring (bicyclic) bond motifs is 1. The summed E-state index contributed by atoms with van der Waals surface area (Å²) in [4.78, 5) is 30.3. The lowest BCUT2D eigenvalue weighted by Gasteiger charge is -2.06. The first-order valence-electron chi connectivity index (χ1n) is 8.16. The Labute approximate surface area is 157 Å². The number of benzene rings is 2. The zero-order valence-electron chi connectivity index (χ0n) is 14.6. The largest absolute Gasteiger partial charge is 0.504 e. The summed E-state index contributed by atoms with van der Waals surface area (Å²) in [7, 11) is 1.45. The number of aromatic amines is 2. The molecule has 2 aromatic carbocycles. The van der Waals surface area contributed by atoms with Crippen LogP contribution in [0.2, 0.25) is 0 Å². The molecule has 4 aromatic rings. The molecule has 28 heavy (non-hydrogen) atoms. The number of nitrogens with one attached hydrogen (secondary N) is 2. The number of phenolic OH excluding ortho intramolecular Hbond substituents is 1. The third-order valence-corrected chi connectivity index (χ3v) is 4.17. The fourth-order valence-corrected chi connectivity index (χ4v) is 2.81. The standard InChI is InChI=1S/C19H14N4O5/c1-27-17-6-10(2-5-16(17)25)14-8-12(19(26)23-22-14)18-20-13-4-3-11(28-9-24)7-15(13)21-18/h2-9,25H,1H3,(H,20,21)(H,23,26). The number of ether oxygens (including phenoxy) is 2. The van der Waals surface area contributed by atoms with Crippen LogP contribution < -0.4 is 15.0 Å². The SMILES string of the molecule is COc1cc(-c2cc(-c3nc4ccc(OC=O)cc4[nH]3)c(=O)[nH]n2)ccc1O. The van der Waals surface area contributed by atoms with Crippen LogP contribution in [0.3, 0.4) is 0 Å². The monoisotopic (exact) mass is 378 g/mol. The number of rotatable bonds is 5. The predicted molar refractivity (Wildman–Crippen MR) is 100 cm³/mol. The molecule has 140 valence electrons. The Morgan fingerprint density at radius 3 is 2.79 bits per heavy atom. The number of methoxy groups -OCH3 is 1. The average molecular weight is 378 g/mol. The number of phenols is 1. The van der Waals surface area contributed by atoms with Gasteiger partial charge in [-0.25, -0.2) is 10.1 Å². The lowest BCUT2D eigenvalue weighted by Crippen LogP contribution is -2.12. The molecular weight excluding hydrogens is 364 g/mol. The summed E-state index contributed by atoms with van der Waals surface area (Å²) in [6.07, 6.45) is 0. The zero-order valence-corrected chi connectivity index (χ0v) is 14.6. The van der Waals surface area contributed by atoms with Crippen LogP contribution in [-0.4, -0.2) is 38.9 Å². The molecule has 9 heteroatoms. The maximum atomic E-state index is 12.3. The highest BCUT2D eigenvalue weighted by atomic mass is 16.5. The normalized spacial score (nSPS) is 10.8. The Morgan fingerprint density at radius 2 is 2.00 bits per heavy atom. The van der Waals surface area contributed by atoms with Gasteiger partial charge in [0.2, 0.25) is 0 Å². The highest BCUT2D eigenvalue weighted by molar-refractivity contribution is 5.81. The third-order valence-electron chi connectivity index (χ3n) is 4.17. The van der Waals surface area contributed by atoms with Crippen molar-refractivity contribution >= 4 is 17.5 Å². The first-order chi connectivity index (χ1) is 13.6. The molecule has 9 nitrogen and oxygen atoms in total. The maximum Gasteiger partial charge on any atom is 0.298 e. The Kier molecular flexibility index (Phi) is 4.24. The van der Waals surface area contributed by atoms with Crippen molar-refractivity contribution in [1.82, 2.24) is 20.2 Å². The van der Waals surface area contributed by atoms with Gasteiger partial charge in [-0.2, -0.15) is 5.10 Å². The van der Waals surface area contributed by atoms with Gasteiger partial charge >= 0.3 is 0 Å². The van der Waals surface area contributed by atoms with Crippen molar-refractivity contribution in [1.29, 1.82) is 0 Å². The van der Waals surface area contributed by atoms with Crippen LogP contribution in [0.15, 0.2) is 47.3 Å². The smallest absolute Gasteiger partial charge is 0.298 e. The van der Waals surface area contributed by atoms with Crippen molar-refractivity contribution < 1.29 is 19.4 Å². The molecule has 0 bridgehead atoms. The van der Waals surface area contributed by atoms with Gasteiger partial charge < -0.3 is 19.6 Å². The van der Waals surface area contributed by atoms with Crippen molar-refractivity contribution in [3.8, 4) is 39.9 Å². The van der Waals surface area contributed by atoms with E-state index in [9.17, 15) is 14.7 Å². The van der Waals surface area contributed by atoms with Crippen LogP contribution in [0.1, 0.15) is 0 Å². The van der Waals surface area contributed by atoms with E-state index >= 15 is 0 Å². The molecule has 0 fully saturated rings. The number of carbonyl (C=O) groups excluding carboxylic acids is 1.